The van der Waals surface area contributed by atoms with Gasteiger partial charge in [0.15, 0.2) is 0 Å². The molecule has 6 heteroatoms. The van der Waals surface area contributed by atoms with Gasteiger partial charge in [0, 0.05) is 32.6 Å². The molecular weight excluding hydrogens is 242 g/mol. The van der Waals surface area contributed by atoms with Crippen molar-refractivity contribution < 1.29 is 4.29 Å². The minimum absolute atomic E-state index is 0.0163. The molecule has 0 unspecified atom stereocenters. The lowest BCUT2D eigenvalue weighted by Crippen LogP contribution is -2.31. The third-order valence-corrected chi connectivity index (χ3v) is 2.75. The number of anilines is 1. The Bertz CT molecular complexity index is 443. The number of halogens is 1. The largest absolute Gasteiger partial charge is 0.348 e. The molecule has 0 aromatic carbocycles. The van der Waals surface area contributed by atoms with Gasteiger partial charge in [0.2, 0.25) is 5.95 Å². The van der Waals surface area contributed by atoms with Gasteiger partial charge in [-0.05, 0) is 13.8 Å². The van der Waals surface area contributed by atoms with Crippen LogP contribution in [-0.4, -0.2) is 30.3 Å². The summed E-state index contributed by atoms with van der Waals surface area (Å²) in [4.78, 5) is 18.5. The Morgan fingerprint density at radius 2 is 2.12 bits per heavy atom. The second-order valence-corrected chi connectivity index (χ2v) is 4.20. The van der Waals surface area contributed by atoms with E-state index in [4.69, 9.17) is 11.9 Å². The summed E-state index contributed by atoms with van der Waals surface area (Å²) in [6, 6.07) is 0. The number of nitrogens with zero attached hydrogens (tertiary/aromatic N) is 3. The van der Waals surface area contributed by atoms with Crippen molar-refractivity contribution in [1.82, 2.24) is 9.55 Å². The third kappa shape index (κ3) is 2.98. The molecule has 0 bridgehead atoms. The van der Waals surface area contributed by atoms with Crippen molar-refractivity contribution in [2.45, 2.75) is 26.8 Å². The first kappa shape index (κ1) is 14.0. The smallest absolute Gasteiger partial charge is 0.258 e. The molecule has 5 nitrogen and oxygen atoms in total. The Labute approximate surface area is 106 Å². The van der Waals surface area contributed by atoms with E-state index in [1.807, 2.05) is 32.8 Å². The topological polar surface area (TPSA) is 47.4 Å². The standard InChI is InChI=1S/C11H18ClN3O2/c1-5-15-10(16)9(6-7-17-12)8(2)13-11(15)14(3)4/h5-7H2,1-4H3. The molecule has 0 aliphatic rings. The van der Waals surface area contributed by atoms with Gasteiger partial charge in [0.1, 0.15) is 0 Å². The Balaban J connectivity index is 3.31. The van der Waals surface area contributed by atoms with Gasteiger partial charge in [-0.2, -0.15) is 0 Å². The van der Waals surface area contributed by atoms with Gasteiger partial charge in [-0.25, -0.2) is 4.98 Å². The number of aryl methyl sites for hydroxylation is 1. The quantitative estimate of drug-likeness (QED) is 0.801. The highest BCUT2D eigenvalue weighted by Crippen LogP contribution is 2.10. The van der Waals surface area contributed by atoms with E-state index in [1.165, 1.54) is 0 Å². The number of aromatic nitrogens is 2. The molecule has 1 aromatic rings. The zero-order valence-electron chi connectivity index (χ0n) is 10.7. The first-order valence-corrected chi connectivity index (χ1v) is 5.85. The molecule has 0 aliphatic heterocycles. The van der Waals surface area contributed by atoms with Crippen LogP contribution in [-0.2, 0) is 17.3 Å². The molecular formula is C11H18ClN3O2. The van der Waals surface area contributed by atoms with Gasteiger partial charge in [-0.1, -0.05) is 0 Å². The molecule has 1 heterocycles. The number of hydrogen-bond donors (Lipinski definition) is 0. The lowest BCUT2D eigenvalue weighted by atomic mass is 10.2. The predicted molar refractivity (Wildman–Crippen MR) is 68.7 cm³/mol. The first-order chi connectivity index (χ1) is 8.02. The van der Waals surface area contributed by atoms with Crippen molar-refractivity contribution in [2.24, 2.45) is 0 Å². The summed E-state index contributed by atoms with van der Waals surface area (Å²) in [5, 5.41) is 0. The Hall–Kier alpha value is -1.07. The molecule has 0 atom stereocenters. The summed E-state index contributed by atoms with van der Waals surface area (Å²) < 4.78 is 6.14. The summed E-state index contributed by atoms with van der Waals surface area (Å²) >= 11 is 5.17. The Morgan fingerprint density at radius 3 is 2.59 bits per heavy atom. The average molecular weight is 260 g/mol. The Kier molecular flexibility index (Phi) is 4.96. The molecule has 17 heavy (non-hydrogen) atoms. The van der Waals surface area contributed by atoms with Gasteiger partial charge in [0.25, 0.3) is 5.56 Å². The molecule has 96 valence electrons. The summed E-state index contributed by atoms with van der Waals surface area (Å²) in [6.07, 6.45) is 0.481. The summed E-state index contributed by atoms with van der Waals surface area (Å²) in [7, 11) is 3.74. The van der Waals surface area contributed by atoms with Crippen LogP contribution in [0.15, 0.2) is 4.79 Å². The monoisotopic (exact) mass is 259 g/mol. The van der Waals surface area contributed by atoms with Gasteiger partial charge >= 0.3 is 0 Å². The van der Waals surface area contributed by atoms with Gasteiger partial charge in [-0.15, -0.1) is 0 Å². The van der Waals surface area contributed by atoms with Crippen LogP contribution in [0.3, 0.4) is 0 Å². The van der Waals surface area contributed by atoms with Crippen molar-refractivity contribution in [2.75, 3.05) is 25.6 Å². The minimum Gasteiger partial charge on any atom is -0.348 e. The molecule has 0 saturated heterocycles. The maximum Gasteiger partial charge on any atom is 0.258 e. The van der Waals surface area contributed by atoms with Crippen molar-refractivity contribution in [3.63, 3.8) is 0 Å². The van der Waals surface area contributed by atoms with Gasteiger partial charge in [0.05, 0.1) is 24.2 Å². The molecule has 0 spiro atoms. The van der Waals surface area contributed by atoms with Crippen LogP contribution in [0, 0.1) is 6.92 Å². The van der Waals surface area contributed by atoms with E-state index in [0.29, 0.717) is 31.1 Å². The van der Waals surface area contributed by atoms with Gasteiger partial charge in [-0.3, -0.25) is 13.7 Å². The van der Waals surface area contributed by atoms with Crippen molar-refractivity contribution in [3.05, 3.63) is 21.6 Å². The van der Waals surface area contributed by atoms with Crippen molar-refractivity contribution >= 4 is 17.8 Å². The second-order valence-electron chi connectivity index (χ2n) is 3.98. The first-order valence-electron chi connectivity index (χ1n) is 5.54. The fourth-order valence-electron chi connectivity index (χ4n) is 1.74. The highest BCUT2D eigenvalue weighted by atomic mass is 35.5. The highest BCUT2D eigenvalue weighted by molar-refractivity contribution is 6.07. The summed E-state index contributed by atoms with van der Waals surface area (Å²) in [5.74, 6) is 0.672. The van der Waals surface area contributed by atoms with E-state index in [-0.39, 0.29) is 5.56 Å². The lowest BCUT2D eigenvalue weighted by molar-refractivity contribution is 0.355. The summed E-state index contributed by atoms with van der Waals surface area (Å²) in [5.41, 5.74) is 1.38. The van der Waals surface area contributed by atoms with Gasteiger partial charge < -0.3 is 4.90 Å². The number of hydrogen-bond acceptors (Lipinski definition) is 4. The van der Waals surface area contributed by atoms with E-state index in [0.717, 1.165) is 5.69 Å². The van der Waals surface area contributed by atoms with Crippen molar-refractivity contribution in [3.8, 4) is 0 Å². The SMILES string of the molecule is CCn1c(N(C)C)nc(C)c(CCOCl)c1=O. The maximum absolute atomic E-state index is 12.2. The molecule has 1 aromatic heterocycles. The van der Waals surface area contributed by atoms with Crippen LogP contribution < -0.4 is 10.5 Å². The molecule has 0 saturated carbocycles. The zero-order chi connectivity index (χ0) is 13.0. The average Bonchev–Trinajstić information content (AvgIpc) is 2.28. The fraction of sp³-hybridized carbons (Fsp3) is 0.636. The minimum atomic E-state index is -0.0163. The molecule has 0 radical (unpaired) electrons. The highest BCUT2D eigenvalue weighted by Gasteiger charge is 2.14. The fourth-order valence-corrected chi connectivity index (χ4v) is 1.82. The number of rotatable bonds is 5. The van der Waals surface area contributed by atoms with Crippen LogP contribution >= 0.6 is 11.9 Å². The van der Waals surface area contributed by atoms with Crippen LogP contribution in [0.1, 0.15) is 18.2 Å². The van der Waals surface area contributed by atoms with Crippen LogP contribution in [0.25, 0.3) is 0 Å². The van der Waals surface area contributed by atoms with Crippen molar-refractivity contribution in [1.29, 1.82) is 0 Å². The van der Waals surface area contributed by atoms with E-state index in [1.54, 1.807) is 4.57 Å². The molecule has 0 N–H and O–H groups in total. The van der Waals surface area contributed by atoms with E-state index >= 15 is 0 Å². The molecule has 0 aliphatic carbocycles. The van der Waals surface area contributed by atoms with E-state index in [2.05, 4.69) is 9.27 Å². The molecule has 1 rings (SSSR count). The molecule has 0 fully saturated rings. The van der Waals surface area contributed by atoms with Crippen LogP contribution in [0.4, 0.5) is 5.95 Å². The Morgan fingerprint density at radius 1 is 1.47 bits per heavy atom. The third-order valence-electron chi connectivity index (χ3n) is 2.59. The van der Waals surface area contributed by atoms with Crippen LogP contribution in [0.2, 0.25) is 0 Å². The second kappa shape index (κ2) is 6.02. The zero-order valence-corrected chi connectivity index (χ0v) is 11.4. The van der Waals surface area contributed by atoms with Crippen LogP contribution in [0.5, 0.6) is 0 Å². The summed E-state index contributed by atoms with van der Waals surface area (Å²) in [6.45, 7) is 4.66. The predicted octanol–water partition coefficient (Wildman–Crippen LogP) is 1.35. The van der Waals surface area contributed by atoms with E-state index < -0.39 is 0 Å². The molecule has 0 amide bonds. The van der Waals surface area contributed by atoms with E-state index in [9.17, 15) is 4.79 Å². The maximum atomic E-state index is 12.2. The lowest BCUT2D eigenvalue weighted by Gasteiger charge is -2.19. The normalized spacial score (nSPS) is 10.6.